The quantitative estimate of drug-likeness (QED) is 0.214. The third-order valence-electron chi connectivity index (χ3n) is 2.69. The van der Waals surface area contributed by atoms with E-state index >= 15 is 0 Å². The highest BCUT2D eigenvalue weighted by atomic mass is 16.5. The van der Waals surface area contributed by atoms with E-state index in [4.69, 9.17) is 10.6 Å². The highest BCUT2D eigenvalue weighted by Crippen LogP contribution is 2.12. The lowest BCUT2D eigenvalue weighted by Crippen LogP contribution is -2.42. The molecule has 16 heavy (non-hydrogen) atoms. The highest BCUT2D eigenvalue weighted by Gasteiger charge is 2.12. The summed E-state index contributed by atoms with van der Waals surface area (Å²) in [6.45, 7) is 4.63. The number of guanidine groups is 1. The van der Waals surface area contributed by atoms with Crippen molar-refractivity contribution in [3.8, 4) is 0 Å². The van der Waals surface area contributed by atoms with Gasteiger partial charge < -0.3 is 10.1 Å². The van der Waals surface area contributed by atoms with Crippen molar-refractivity contribution in [3.63, 3.8) is 0 Å². The van der Waals surface area contributed by atoms with Crippen molar-refractivity contribution in [2.45, 2.75) is 45.1 Å². The molecule has 1 aliphatic heterocycles. The Morgan fingerprint density at radius 2 is 2.38 bits per heavy atom. The van der Waals surface area contributed by atoms with Gasteiger partial charge in [-0.15, -0.1) is 0 Å². The second-order valence-electron chi connectivity index (χ2n) is 4.10. The van der Waals surface area contributed by atoms with E-state index in [9.17, 15) is 0 Å². The fourth-order valence-electron chi connectivity index (χ4n) is 1.68. The molecule has 5 nitrogen and oxygen atoms in total. The Morgan fingerprint density at radius 3 is 3.00 bits per heavy atom. The van der Waals surface area contributed by atoms with Gasteiger partial charge >= 0.3 is 0 Å². The maximum absolute atomic E-state index is 5.60. The molecular formula is C11H24N4O. The molecule has 0 amide bonds. The van der Waals surface area contributed by atoms with Crippen LogP contribution < -0.4 is 16.6 Å². The molecular weight excluding hydrogens is 204 g/mol. The zero-order valence-corrected chi connectivity index (χ0v) is 10.2. The summed E-state index contributed by atoms with van der Waals surface area (Å²) >= 11 is 0. The van der Waals surface area contributed by atoms with Crippen molar-refractivity contribution >= 4 is 5.96 Å². The first-order valence-electron chi connectivity index (χ1n) is 6.23. The minimum absolute atomic E-state index is 0.269. The van der Waals surface area contributed by atoms with Gasteiger partial charge in [-0.2, -0.15) is 0 Å². The van der Waals surface area contributed by atoms with Crippen molar-refractivity contribution in [2.75, 3.05) is 19.7 Å². The van der Waals surface area contributed by atoms with Crippen LogP contribution in [0.5, 0.6) is 0 Å². The van der Waals surface area contributed by atoms with Gasteiger partial charge in [0.1, 0.15) is 0 Å². The molecule has 1 atom stereocenters. The summed E-state index contributed by atoms with van der Waals surface area (Å²) in [4.78, 5) is 4.38. The molecule has 0 bridgehead atoms. The van der Waals surface area contributed by atoms with Crippen molar-refractivity contribution < 1.29 is 4.74 Å². The Bertz CT molecular complexity index is 202. The van der Waals surface area contributed by atoms with Gasteiger partial charge in [0.15, 0.2) is 0 Å². The van der Waals surface area contributed by atoms with E-state index in [0.717, 1.165) is 32.4 Å². The van der Waals surface area contributed by atoms with E-state index in [0.29, 0.717) is 12.5 Å². The van der Waals surface area contributed by atoms with Gasteiger partial charge in [-0.3, -0.25) is 5.43 Å². The Labute approximate surface area is 97.8 Å². The topological polar surface area (TPSA) is 71.7 Å². The maximum atomic E-state index is 5.60. The molecule has 1 saturated heterocycles. The summed E-state index contributed by atoms with van der Waals surface area (Å²) in [6.07, 6.45) is 6.09. The van der Waals surface area contributed by atoms with Gasteiger partial charge in [0.2, 0.25) is 5.96 Å². The van der Waals surface area contributed by atoms with Crippen molar-refractivity contribution in [3.05, 3.63) is 0 Å². The molecule has 0 saturated carbocycles. The van der Waals surface area contributed by atoms with E-state index in [-0.39, 0.29) is 6.10 Å². The van der Waals surface area contributed by atoms with Crippen LogP contribution in [0.4, 0.5) is 0 Å². The van der Waals surface area contributed by atoms with Gasteiger partial charge in [0.05, 0.1) is 12.6 Å². The molecule has 0 aromatic rings. The fraction of sp³-hybridized carbons (Fsp3) is 0.909. The molecule has 4 N–H and O–H groups in total. The summed E-state index contributed by atoms with van der Waals surface area (Å²) < 4.78 is 5.60. The number of hydrogen-bond acceptors (Lipinski definition) is 3. The van der Waals surface area contributed by atoms with E-state index in [1.54, 1.807) is 0 Å². The zero-order valence-electron chi connectivity index (χ0n) is 10.2. The third kappa shape index (κ3) is 5.32. The minimum atomic E-state index is 0.269. The van der Waals surface area contributed by atoms with Crippen LogP contribution >= 0.6 is 0 Å². The van der Waals surface area contributed by atoms with Gasteiger partial charge in [0.25, 0.3) is 0 Å². The lowest BCUT2D eigenvalue weighted by molar-refractivity contribution is 0.0224. The summed E-state index contributed by atoms with van der Waals surface area (Å²) in [5, 5.41) is 3.17. The lowest BCUT2D eigenvalue weighted by Gasteiger charge is -2.21. The minimum Gasteiger partial charge on any atom is -0.376 e. The lowest BCUT2D eigenvalue weighted by atomic mass is 10.1. The summed E-state index contributed by atoms with van der Waals surface area (Å²) in [5.41, 5.74) is 2.58. The zero-order chi connectivity index (χ0) is 11.6. The van der Waals surface area contributed by atoms with Gasteiger partial charge in [-0.25, -0.2) is 10.8 Å². The van der Waals surface area contributed by atoms with Crippen molar-refractivity contribution in [1.82, 2.24) is 10.7 Å². The number of unbranched alkanes of at least 4 members (excludes halogenated alkanes) is 1. The molecule has 1 aliphatic rings. The molecule has 1 rings (SSSR count). The van der Waals surface area contributed by atoms with Crippen LogP contribution in [0.3, 0.4) is 0 Å². The van der Waals surface area contributed by atoms with Crippen LogP contribution in [-0.2, 0) is 4.74 Å². The Morgan fingerprint density at radius 1 is 1.50 bits per heavy atom. The largest absolute Gasteiger partial charge is 0.376 e. The molecule has 0 spiro atoms. The first-order chi connectivity index (χ1) is 7.86. The number of hydrazine groups is 1. The van der Waals surface area contributed by atoms with Crippen LogP contribution in [0.15, 0.2) is 4.99 Å². The molecule has 0 radical (unpaired) electrons. The van der Waals surface area contributed by atoms with E-state index in [1.807, 2.05) is 0 Å². The smallest absolute Gasteiger partial charge is 0.205 e. The van der Waals surface area contributed by atoms with Gasteiger partial charge in [-0.05, 0) is 25.7 Å². The molecule has 0 aromatic heterocycles. The van der Waals surface area contributed by atoms with Crippen molar-refractivity contribution in [2.24, 2.45) is 10.8 Å². The molecule has 0 aliphatic carbocycles. The molecule has 1 heterocycles. The number of aliphatic imine (C=N–C) groups is 1. The average Bonchev–Trinajstić information content (AvgIpc) is 2.35. The number of nitrogens with one attached hydrogen (secondary N) is 2. The Balaban J connectivity index is 2.22. The summed E-state index contributed by atoms with van der Waals surface area (Å²) in [7, 11) is 0. The maximum Gasteiger partial charge on any atom is 0.205 e. The Kier molecular flexibility index (Phi) is 6.92. The van der Waals surface area contributed by atoms with Crippen LogP contribution in [0.25, 0.3) is 0 Å². The second-order valence-corrected chi connectivity index (χ2v) is 4.10. The first-order valence-corrected chi connectivity index (χ1v) is 6.23. The van der Waals surface area contributed by atoms with Crippen LogP contribution in [0, 0.1) is 0 Å². The van der Waals surface area contributed by atoms with Crippen molar-refractivity contribution in [1.29, 1.82) is 0 Å². The summed E-state index contributed by atoms with van der Waals surface area (Å²) in [5.74, 6) is 6.06. The van der Waals surface area contributed by atoms with E-state index in [2.05, 4.69) is 22.7 Å². The monoisotopic (exact) mass is 228 g/mol. The number of hydrogen-bond donors (Lipinski definition) is 3. The second kappa shape index (κ2) is 8.35. The van der Waals surface area contributed by atoms with Crippen LogP contribution in [-0.4, -0.2) is 31.8 Å². The number of ether oxygens (including phenoxy) is 1. The average molecular weight is 228 g/mol. The SMILES string of the molecule is CCCCNC(=NCC1CCCCO1)NN. The number of rotatable bonds is 5. The van der Waals surface area contributed by atoms with Gasteiger partial charge in [0, 0.05) is 13.2 Å². The predicted molar refractivity (Wildman–Crippen MR) is 66.1 cm³/mol. The predicted octanol–water partition coefficient (Wildman–Crippen LogP) is 0.765. The van der Waals surface area contributed by atoms with E-state index < -0.39 is 0 Å². The number of nitrogens with zero attached hydrogens (tertiary/aromatic N) is 1. The van der Waals surface area contributed by atoms with E-state index in [1.165, 1.54) is 12.8 Å². The number of nitrogens with two attached hydrogens (primary N) is 1. The fourth-order valence-corrected chi connectivity index (χ4v) is 1.68. The molecule has 0 aromatic carbocycles. The first kappa shape index (κ1) is 13.3. The van der Waals surface area contributed by atoms with Crippen LogP contribution in [0.2, 0.25) is 0 Å². The standard InChI is InChI=1S/C11H24N4O/c1-2-3-7-13-11(15-12)14-9-10-6-4-5-8-16-10/h10H,2-9,12H2,1H3,(H2,13,14,15). The normalized spacial score (nSPS) is 21.9. The van der Waals surface area contributed by atoms with Gasteiger partial charge in [-0.1, -0.05) is 13.3 Å². The molecule has 1 unspecified atom stereocenters. The third-order valence-corrected chi connectivity index (χ3v) is 2.69. The summed E-state index contributed by atoms with van der Waals surface area (Å²) in [6, 6.07) is 0. The molecule has 5 heteroatoms. The Hall–Kier alpha value is -0.810. The molecule has 1 fully saturated rings. The van der Waals surface area contributed by atoms with Crippen LogP contribution in [0.1, 0.15) is 39.0 Å². The molecule has 94 valence electrons. The highest BCUT2D eigenvalue weighted by molar-refractivity contribution is 5.79.